The first-order valence-electron chi connectivity index (χ1n) is 7.34. The molecule has 0 radical (unpaired) electrons. The molecule has 0 aliphatic carbocycles. The summed E-state index contributed by atoms with van der Waals surface area (Å²) in [7, 11) is 0. The fourth-order valence-electron chi connectivity index (χ4n) is 2.80. The van der Waals surface area contributed by atoms with Gasteiger partial charge < -0.3 is 9.67 Å². The number of aromatic nitrogens is 1. The summed E-state index contributed by atoms with van der Waals surface area (Å²) >= 11 is 1.98. The molecule has 3 heteroatoms. The van der Waals surface area contributed by atoms with Crippen LogP contribution >= 0.6 is 11.8 Å². The van der Waals surface area contributed by atoms with E-state index >= 15 is 0 Å². The van der Waals surface area contributed by atoms with E-state index in [0.717, 1.165) is 31.4 Å². The summed E-state index contributed by atoms with van der Waals surface area (Å²) in [5.74, 6) is 0. The normalized spacial score (nSPS) is 19.0. The van der Waals surface area contributed by atoms with Crippen molar-refractivity contribution < 1.29 is 5.11 Å². The van der Waals surface area contributed by atoms with E-state index in [4.69, 9.17) is 0 Å². The van der Waals surface area contributed by atoms with Gasteiger partial charge in [-0.1, -0.05) is 31.5 Å². The molecular formula is C17H21NOS. The van der Waals surface area contributed by atoms with Gasteiger partial charge in [0.05, 0.1) is 6.10 Å². The van der Waals surface area contributed by atoms with Gasteiger partial charge in [0.2, 0.25) is 0 Å². The van der Waals surface area contributed by atoms with Crippen molar-refractivity contribution in [2.24, 2.45) is 0 Å². The summed E-state index contributed by atoms with van der Waals surface area (Å²) in [4.78, 5) is 1.43. The fourth-order valence-corrected chi connectivity index (χ4v) is 4.13. The molecule has 2 unspecified atom stereocenters. The highest BCUT2D eigenvalue weighted by Crippen LogP contribution is 2.37. The molecule has 2 heterocycles. The second-order valence-electron chi connectivity index (χ2n) is 5.50. The van der Waals surface area contributed by atoms with Crippen molar-refractivity contribution in [3.05, 3.63) is 53.9 Å². The maximum absolute atomic E-state index is 10.0. The van der Waals surface area contributed by atoms with Crippen molar-refractivity contribution in [2.75, 3.05) is 0 Å². The summed E-state index contributed by atoms with van der Waals surface area (Å²) in [6.07, 6.45) is 6.89. The van der Waals surface area contributed by atoms with Crippen LogP contribution in [0.3, 0.4) is 0 Å². The van der Waals surface area contributed by atoms with E-state index in [1.54, 1.807) is 0 Å². The van der Waals surface area contributed by atoms with Gasteiger partial charge in [-0.3, -0.25) is 0 Å². The monoisotopic (exact) mass is 287 g/mol. The van der Waals surface area contributed by atoms with Crippen LogP contribution in [-0.4, -0.2) is 14.9 Å². The third kappa shape index (κ3) is 2.94. The molecule has 1 aliphatic heterocycles. The molecule has 0 saturated carbocycles. The van der Waals surface area contributed by atoms with Crippen LogP contribution in [0.15, 0.2) is 47.6 Å². The molecule has 2 nitrogen and oxygen atoms in total. The molecule has 0 fully saturated rings. The molecule has 0 amide bonds. The van der Waals surface area contributed by atoms with E-state index in [1.807, 2.05) is 17.8 Å². The van der Waals surface area contributed by atoms with Crippen molar-refractivity contribution in [1.82, 2.24) is 4.57 Å². The minimum Gasteiger partial charge on any atom is -0.388 e. The number of fused-ring (bicyclic) bond motifs is 1. The Balaban J connectivity index is 1.63. The SMILES string of the molecule is CCCC(O)c1ccn(CC2Cc3ccccc3S2)c1. The standard InChI is InChI=1S/C17H21NOS/c1-2-5-16(19)14-8-9-18(11-14)12-15-10-13-6-3-4-7-17(13)20-15/h3-4,6-9,11,15-16,19H,2,5,10,12H2,1H3. The minimum atomic E-state index is -0.310. The molecule has 1 aromatic carbocycles. The molecule has 1 aliphatic rings. The third-order valence-corrected chi connectivity index (χ3v) is 5.15. The van der Waals surface area contributed by atoms with Gasteiger partial charge >= 0.3 is 0 Å². The zero-order valence-corrected chi connectivity index (χ0v) is 12.6. The van der Waals surface area contributed by atoms with Crippen molar-refractivity contribution in [2.45, 2.75) is 49.0 Å². The van der Waals surface area contributed by atoms with E-state index < -0.39 is 0 Å². The Labute approximate surface area is 124 Å². The summed E-state index contributed by atoms with van der Waals surface area (Å²) in [6, 6.07) is 10.7. The average molecular weight is 287 g/mol. The summed E-state index contributed by atoms with van der Waals surface area (Å²) in [5, 5.41) is 10.6. The van der Waals surface area contributed by atoms with Crippen molar-refractivity contribution >= 4 is 11.8 Å². The number of aliphatic hydroxyl groups excluding tert-OH is 1. The lowest BCUT2D eigenvalue weighted by Crippen LogP contribution is -2.10. The second-order valence-corrected chi connectivity index (χ2v) is 6.84. The van der Waals surface area contributed by atoms with Gasteiger partial charge in [-0.15, -0.1) is 11.8 Å². The lowest BCUT2D eigenvalue weighted by molar-refractivity contribution is 0.166. The highest BCUT2D eigenvalue weighted by Gasteiger charge is 2.22. The highest BCUT2D eigenvalue weighted by atomic mass is 32.2. The topological polar surface area (TPSA) is 25.2 Å². The maximum atomic E-state index is 10.0. The lowest BCUT2D eigenvalue weighted by atomic mass is 10.1. The Hall–Kier alpha value is -1.19. The van der Waals surface area contributed by atoms with Crippen LogP contribution in [0.1, 0.15) is 37.0 Å². The van der Waals surface area contributed by atoms with E-state index in [-0.39, 0.29) is 6.10 Å². The zero-order valence-electron chi connectivity index (χ0n) is 11.8. The van der Waals surface area contributed by atoms with Crippen LogP contribution in [0.25, 0.3) is 0 Å². The lowest BCUT2D eigenvalue weighted by Gasteiger charge is -2.10. The molecular weight excluding hydrogens is 266 g/mol. The molecule has 0 spiro atoms. The van der Waals surface area contributed by atoms with E-state index in [0.29, 0.717) is 5.25 Å². The summed E-state index contributed by atoms with van der Waals surface area (Å²) in [5.41, 5.74) is 2.52. The van der Waals surface area contributed by atoms with Crippen molar-refractivity contribution in [3.63, 3.8) is 0 Å². The number of nitrogens with zero attached hydrogens (tertiary/aromatic N) is 1. The van der Waals surface area contributed by atoms with E-state index in [2.05, 4.69) is 48.1 Å². The Kier molecular flexibility index (Phi) is 4.18. The number of hydrogen-bond donors (Lipinski definition) is 1. The van der Waals surface area contributed by atoms with Crippen LogP contribution in [-0.2, 0) is 13.0 Å². The minimum absolute atomic E-state index is 0.310. The molecule has 1 N–H and O–H groups in total. The van der Waals surface area contributed by atoms with Gasteiger partial charge in [-0.05, 0) is 36.1 Å². The first kappa shape index (κ1) is 13.8. The maximum Gasteiger partial charge on any atom is 0.0804 e. The number of hydrogen-bond acceptors (Lipinski definition) is 2. The predicted octanol–water partition coefficient (Wildman–Crippen LogP) is 4.04. The largest absolute Gasteiger partial charge is 0.388 e. The van der Waals surface area contributed by atoms with E-state index in [1.165, 1.54) is 10.5 Å². The highest BCUT2D eigenvalue weighted by molar-refractivity contribution is 8.00. The number of rotatable bonds is 5. The molecule has 0 bridgehead atoms. The van der Waals surface area contributed by atoms with Gasteiger partial charge in [-0.2, -0.15) is 0 Å². The molecule has 20 heavy (non-hydrogen) atoms. The van der Waals surface area contributed by atoms with Crippen LogP contribution in [0, 0.1) is 0 Å². The third-order valence-electron chi connectivity index (χ3n) is 3.85. The van der Waals surface area contributed by atoms with Crippen LogP contribution in [0.5, 0.6) is 0 Å². The van der Waals surface area contributed by atoms with Crippen molar-refractivity contribution in [3.8, 4) is 0 Å². The Bertz CT molecular complexity index is 553. The fraction of sp³-hybridized carbons (Fsp3) is 0.412. The van der Waals surface area contributed by atoms with Gasteiger partial charge in [0.15, 0.2) is 0 Å². The van der Waals surface area contributed by atoms with Crippen LogP contribution in [0.2, 0.25) is 0 Å². The Morgan fingerprint density at radius 3 is 3.00 bits per heavy atom. The summed E-state index contributed by atoms with van der Waals surface area (Å²) < 4.78 is 2.22. The molecule has 0 saturated heterocycles. The average Bonchev–Trinajstić information content (AvgIpc) is 3.05. The molecule has 2 aromatic rings. The molecule has 1 aromatic heterocycles. The first-order valence-corrected chi connectivity index (χ1v) is 8.22. The smallest absolute Gasteiger partial charge is 0.0804 e. The number of aliphatic hydroxyl groups is 1. The van der Waals surface area contributed by atoms with Crippen molar-refractivity contribution in [1.29, 1.82) is 0 Å². The first-order chi connectivity index (χ1) is 9.76. The van der Waals surface area contributed by atoms with Crippen LogP contribution in [0.4, 0.5) is 0 Å². The van der Waals surface area contributed by atoms with Gasteiger partial charge in [-0.25, -0.2) is 0 Å². The van der Waals surface area contributed by atoms with Gasteiger partial charge in [0.1, 0.15) is 0 Å². The Morgan fingerprint density at radius 2 is 2.20 bits per heavy atom. The quantitative estimate of drug-likeness (QED) is 0.898. The second kappa shape index (κ2) is 6.06. The van der Waals surface area contributed by atoms with Crippen LogP contribution < -0.4 is 0 Å². The molecule has 2 atom stereocenters. The predicted molar refractivity (Wildman–Crippen MR) is 84.1 cm³/mol. The van der Waals surface area contributed by atoms with E-state index in [9.17, 15) is 5.11 Å². The zero-order chi connectivity index (χ0) is 13.9. The van der Waals surface area contributed by atoms with Gasteiger partial charge in [0, 0.05) is 29.1 Å². The molecule has 106 valence electrons. The molecule has 3 rings (SSSR count). The Morgan fingerprint density at radius 1 is 1.35 bits per heavy atom. The number of thioether (sulfide) groups is 1. The van der Waals surface area contributed by atoms with Gasteiger partial charge in [0.25, 0.3) is 0 Å². The summed E-state index contributed by atoms with van der Waals surface area (Å²) in [6.45, 7) is 3.12. The number of benzene rings is 1.